The van der Waals surface area contributed by atoms with Crippen molar-refractivity contribution < 1.29 is 63.7 Å². The second-order valence-electron chi connectivity index (χ2n) is 8.59. The number of halogens is 9. The number of aromatic nitrogens is 1. The predicted octanol–water partition coefficient (Wildman–Crippen LogP) is 6.40. The molecule has 240 valence electrons. The Balaban J connectivity index is 0.000000860. The van der Waals surface area contributed by atoms with Crippen LogP contribution in [0, 0.1) is 0 Å². The molecule has 2 amide bonds. The van der Waals surface area contributed by atoms with Crippen LogP contribution in [0.1, 0.15) is 34.0 Å². The Labute approximate surface area is 243 Å². The van der Waals surface area contributed by atoms with Gasteiger partial charge in [-0.1, -0.05) is 24.3 Å². The van der Waals surface area contributed by atoms with Crippen molar-refractivity contribution in [3.05, 3.63) is 88.7 Å². The highest BCUT2D eigenvalue weighted by atomic mass is 19.4. The fraction of sp³-hybridized carbons (Fsp3) is 0.296. The number of rotatable bonds is 8. The molecule has 2 aromatic carbocycles. The Bertz CT molecular complexity index is 1410. The number of para-hydroxylation sites is 1. The fourth-order valence-corrected chi connectivity index (χ4v) is 3.70. The number of alkyl halides is 9. The summed E-state index contributed by atoms with van der Waals surface area (Å²) in [5.74, 6) is -1.80. The third-order valence-electron chi connectivity index (χ3n) is 5.67. The number of methoxy groups -OCH3 is 2. The molecule has 0 aliphatic heterocycles. The van der Waals surface area contributed by atoms with Crippen LogP contribution in [0.15, 0.2) is 60.8 Å². The molecule has 0 unspecified atom stereocenters. The van der Waals surface area contributed by atoms with E-state index in [0.717, 1.165) is 42.6 Å². The van der Waals surface area contributed by atoms with Gasteiger partial charge in [0.25, 0.3) is 0 Å². The van der Waals surface area contributed by atoms with E-state index >= 15 is 0 Å². The SMILES string of the molecule is COc1cccc(CCNC(=O)N[C@@H](c2ccc(C(F)(F)F)cc2)c2ncccc2C(F)(F)F)c1OC.O=C(O)C(F)(F)F. The molecule has 3 N–H and O–H groups in total. The maximum atomic E-state index is 13.7. The molecule has 0 bridgehead atoms. The summed E-state index contributed by atoms with van der Waals surface area (Å²) < 4.78 is 122. The molecule has 0 saturated heterocycles. The largest absolute Gasteiger partial charge is 0.493 e. The maximum Gasteiger partial charge on any atom is 0.490 e. The Hall–Kier alpha value is -4.70. The van der Waals surface area contributed by atoms with E-state index in [4.69, 9.17) is 19.4 Å². The van der Waals surface area contributed by atoms with Crippen LogP contribution in [0.3, 0.4) is 0 Å². The number of amides is 2. The van der Waals surface area contributed by atoms with Gasteiger partial charge in [-0.05, 0) is 47.9 Å². The Morgan fingerprint density at radius 2 is 1.48 bits per heavy atom. The number of carbonyl (C=O) groups is 2. The lowest BCUT2D eigenvalue weighted by atomic mass is 9.98. The fourth-order valence-electron chi connectivity index (χ4n) is 3.70. The van der Waals surface area contributed by atoms with E-state index in [0.29, 0.717) is 23.5 Å². The van der Waals surface area contributed by atoms with Gasteiger partial charge in [0, 0.05) is 12.7 Å². The number of aliphatic carboxylic acids is 1. The minimum Gasteiger partial charge on any atom is -0.493 e. The molecule has 0 aliphatic carbocycles. The highest BCUT2D eigenvalue weighted by Gasteiger charge is 2.39. The zero-order valence-corrected chi connectivity index (χ0v) is 22.7. The minimum absolute atomic E-state index is 0.0122. The van der Waals surface area contributed by atoms with Crippen LogP contribution in [0.4, 0.5) is 44.3 Å². The van der Waals surface area contributed by atoms with Crippen LogP contribution >= 0.6 is 0 Å². The van der Waals surface area contributed by atoms with Crippen molar-refractivity contribution in [1.29, 1.82) is 0 Å². The molecule has 1 aromatic heterocycles. The van der Waals surface area contributed by atoms with Gasteiger partial charge in [-0.15, -0.1) is 0 Å². The molecule has 0 spiro atoms. The molecule has 3 rings (SSSR count). The zero-order chi connectivity index (χ0) is 33.3. The van der Waals surface area contributed by atoms with E-state index < -0.39 is 53.4 Å². The lowest BCUT2D eigenvalue weighted by Crippen LogP contribution is -2.40. The van der Waals surface area contributed by atoms with Crippen molar-refractivity contribution in [3.8, 4) is 11.5 Å². The smallest absolute Gasteiger partial charge is 0.490 e. The van der Waals surface area contributed by atoms with Crippen LogP contribution in [0.2, 0.25) is 0 Å². The van der Waals surface area contributed by atoms with Crippen molar-refractivity contribution >= 4 is 12.0 Å². The summed E-state index contributed by atoms with van der Waals surface area (Å²) >= 11 is 0. The van der Waals surface area contributed by atoms with E-state index in [-0.39, 0.29) is 12.1 Å². The van der Waals surface area contributed by atoms with Crippen LogP contribution in [-0.4, -0.2) is 49.0 Å². The van der Waals surface area contributed by atoms with Crippen molar-refractivity contribution in [2.45, 2.75) is 31.0 Å². The van der Waals surface area contributed by atoms with E-state index in [1.165, 1.54) is 14.2 Å². The average Bonchev–Trinajstić information content (AvgIpc) is 2.94. The van der Waals surface area contributed by atoms with Crippen LogP contribution in [0.25, 0.3) is 0 Å². The second-order valence-corrected chi connectivity index (χ2v) is 8.59. The third-order valence-corrected chi connectivity index (χ3v) is 5.67. The number of pyridine rings is 1. The number of nitrogens with zero attached hydrogens (tertiary/aromatic N) is 1. The number of benzene rings is 2. The Morgan fingerprint density at radius 3 is 1.98 bits per heavy atom. The summed E-state index contributed by atoms with van der Waals surface area (Å²) in [6.07, 6.45) is -13.1. The molecule has 3 aromatic rings. The van der Waals surface area contributed by atoms with E-state index in [2.05, 4.69) is 15.6 Å². The first kappa shape index (κ1) is 35.5. The van der Waals surface area contributed by atoms with Gasteiger partial charge in [-0.25, -0.2) is 9.59 Å². The summed E-state index contributed by atoms with van der Waals surface area (Å²) in [6.45, 7) is 0.0729. The number of carboxylic acid groups (broad SMARTS) is 1. The molecule has 0 radical (unpaired) electrons. The van der Waals surface area contributed by atoms with Gasteiger partial charge in [0.1, 0.15) is 0 Å². The van der Waals surface area contributed by atoms with Gasteiger partial charge < -0.3 is 25.2 Å². The quantitative estimate of drug-likeness (QED) is 0.246. The lowest BCUT2D eigenvalue weighted by Gasteiger charge is -2.23. The van der Waals surface area contributed by atoms with E-state index in [1.54, 1.807) is 18.2 Å². The molecule has 17 heteroatoms. The summed E-state index contributed by atoms with van der Waals surface area (Å²) in [4.78, 5) is 25.4. The van der Waals surface area contributed by atoms with E-state index in [9.17, 15) is 44.3 Å². The number of carbonyl (C=O) groups excluding carboxylic acids is 1. The van der Waals surface area contributed by atoms with Crippen molar-refractivity contribution in [3.63, 3.8) is 0 Å². The molecule has 1 heterocycles. The Morgan fingerprint density at radius 1 is 0.864 bits per heavy atom. The highest BCUT2D eigenvalue weighted by molar-refractivity contribution is 5.75. The van der Waals surface area contributed by atoms with Crippen molar-refractivity contribution in [1.82, 2.24) is 15.6 Å². The maximum absolute atomic E-state index is 13.7. The lowest BCUT2D eigenvalue weighted by molar-refractivity contribution is -0.192. The predicted molar refractivity (Wildman–Crippen MR) is 136 cm³/mol. The van der Waals surface area contributed by atoms with Gasteiger partial charge >= 0.3 is 30.5 Å². The zero-order valence-electron chi connectivity index (χ0n) is 22.7. The monoisotopic (exact) mass is 641 g/mol. The van der Waals surface area contributed by atoms with E-state index in [1.807, 2.05) is 0 Å². The second kappa shape index (κ2) is 14.7. The topological polar surface area (TPSA) is 110 Å². The number of nitrogens with one attached hydrogen (secondary N) is 2. The van der Waals surface area contributed by atoms with Gasteiger partial charge in [-0.3, -0.25) is 4.98 Å². The normalized spacial score (nSPS) is 12.3. The number of hydrogen-bond acceptors (Lipinski definition) is 5. The number of urea groups is 1. The molecule has 44 heavy (non-hydrogen) atoms. The molecule has 0 aliphatic rings. The van der Waals surface area contributed by atoms with Gasteiger partial charge in [0.05, 0.1) is 37.1 Å². The standard InChI is InChI=1S/C25H23F6N3O3.C2HF3O2/c1-36-19-7-3-5-16(22(19)37-2)12-14-33-23(35)34-20(15-8-10-17(11-9-15)24(26,27)28)21-18(25(29,30)31)6-4-13-32-21;3-2(4,5)1(6)7/h3-11,13,20H,12,14H2,1-2H3,(H2,33,34,35);(H,6,7)/t20-;/m0./s1. The molecular weight excluding hydrogens is 617 g/mol. The number of hydrogen-bond donors (Lipinski definition) is 3. The molecule has 0 saturated carbocycles. The highest BCUT2D eigenvalue weighted by Crippen LogP contribution is 2.36. The summed E-state index contributed by atoms with van der Waals surface area (Å²) in [7, 11) is 2.93. The van der Waals surface area contributed by atoms with Gasteiger partial charge in [0.2, 0.25) is 0 Å². The minimum atomic E-state index is -5.08. The first-order chi connectivity index (χ1) is 20.4. The molecule has 1 atom stereocenters. The summed E-state index contributed by atoms with van der Waals surface area (Å²) in [5, 5.41) is 12.1. The van der Waals surface area contributed by atoms with Gasteiger partial charge in [0.15, 0.2) is 11.5 Å². The summed E-state index contributed by atoms with van der Waals surface area (Å²) in [5.41, 5.74) is -1.96. The van der Waals surface area contributed by atoms with Crippen LogP contribution in [0.5, 0.6) is 11.5 Å². The van der Waals surface area contributed by atoms with Crippen molar-refractivity contribution in [2.75, 3.05) is 20.8 Å². The van der Waals surface area contributed by atoms with Gasteiger partial charge in [-0.2, -0.15) is 39.5 Å². The molecular formula is C27H24F9N3O5. The molecule has 8 nitrogen and oxygen atoms in total. The van der Waals surface area contributed by atoms with Crippen LogP contribution in [-0.2, 0) is 23.6 Å². The number of ether oxygens (including phenoxy) is 2. The first-order valence-corrected chi connectivity index (χ1v) is 12.1. The van der Waals surface area contributed by atoms with Crippen LogP contribution < -0.4 is 20.1 Å². The third kappa shape index (κ3) is 9.95. The number of carboxylic acids is 1. The molecule has 0 fully saturated rings. The van der Waals surface area contributed by atoms with Crippen molar-refractivity contribution in [2.24, 2.45) is 0 Å². The first-order valence-electron chi connectivity index (χ1n) is 12.1. The summed E-state index contributed by atoms with van der Waals surface area (Å²) in [6, 6.07) is 8.20. The average molecular weight is 641 g/mol. The Kier molecular flexibility index (Phi) is 11.8.